The number of hydrogen-bond donors (Lipinski definition) is 1. The van der Waals surface area contributed by atoms with Gasteiger partial charge in [-0.25, -0.2) is 8.78 Å². The monoisotopic (exact) mass is 241 g/mol. The molecule has 1 aromatic rings. The maximum Gasteiger partial charge on any atom is 0.130 e. The number of benzene rings is 1. The summed E-state index contributed by atoms with van der Waals surface area (Å²) in [4.78, 5) is 0. The van der Waals surface area contributed by atoms with Crippen LogP contribution in [0.1, 0.15) is 51.6 Å². The van der Waals surface area contributed by atoms with E-state index in [4.69, 9.17) is 0 Å². The number of halogens is 2. The molecule has 0 saturated carbocycles. The summed E-state index contributed by atoms with van der Waals surface area (Å²) in [5.41, 5.74) is 0.135. The lowest BCUT2D eigenvalue weighted by atomic mass is 10.0. The first-order valence-corrected chi connectivity index (χ1v) is 6.26. The van der Waals surface area contributed by atoms with E-state index < -0.39 is 11.6 Å². The lowest BCUT2D eigenvalue weighted by molar-refractivity contribution is 0.419. The molecule has 0 aliphatic rings. The van der Waals surface area contributed by atoms with Crippen molar-refractivity contribution < 1.29 is 8.78 Å². The maximum absolute atomic E-state index is 13.5. The van der Waals surface area contributed by atoms with Gasteiger partial charge in [-0.15, -0.1) is 0 Å². The molecule has 2 atom stereocenters. The minimum Gasteiger partial charge on any atom is -0.308 e. The van der Waals surface area contributed by atoms with Gasteiger partial charge in [0.25, 0.3) is 0 Å². The van der Waals surface area contributed by atoms with Crippen LogP contribution in [-0.4, -0.2) is 6.04 Å². The van der Waals surface area contributed by atoms with Crippen LogP contribution >= 0.6 is 0 Å². The molecule has 0 spiro atoms. The Bertz CT molecular complexity index is 332. The van der Waals surface area contributed by atoms with Crippen LogP contribution in [0.15, 0.2) is 18.2 Å². The third-order valence-electron chi connectivity index (χ3n) is 2.96. The Labute approximate surface area is 102 Å². The topological polar surface area (TPSA) is 12.0 Å². The van der Waals surface area contributed by atoms with Gasteiger partial charge in [-0.05, 0) is 32.4 Å². The molecule has 0 bridgehead atoms. The summed E-state index contributed by atoms with van der Waals surface area (Å²) in [5.74, 6) is -0.958. The number of unbranched alkanes of at least 4 members (excludes halogenated alkanes) is 1. The minimum atomic E-state index is -0.479. The average Bonchev–Trinajstić information content (AvgIpc) is 2.26. The van der Waals surface area contributed by atoms with E-state index in [1.807, 2.05) is 6.92 Å². The van der Waals surface area contributed by atoms with Gasteiger partial charge >= 0.3 is 0 Å². The normalized spacial score (nSPS) is 14.6. The molecule has 0 radical (unpaired) electrons. The van der Waals surface area contributed by atoms with Crippen LogP contribution in [-0.2, 0) is 0 Å². The Balaban J connectivity index is 2.66. The fourth-order valence-electron chi connectivity index (χ4n) is 2.03. The van der Waals surface area contributed by atoms with Gasteiger partial charge in [0.05, 0.1) is 0 Å². The second-order valence-corrected chi connectivity index (χ2v) is 4.57. The smallest absolute Gasteiger partial charge is 0.130 e. The zero-order valence-corrected chi connectivity index (χ0v) is 10.8. The largest absolute Gasteiger partial charge is 0.308 e. The first-order valence-electron chi connectivity index (χ1n) is 6.26. The van der Waals surface area contributed by atoms with Crippen LogP contribution in [0.25, 0.3) is 0 Å². The Hall–Kier alpha value is -0.960. The van der Waals surface area contributed by atoms with Crippen LogP contribution in [0.5, 0.6) is 0 Å². The molecule has 17 heavy (non-hydrogen) atoms. The molecule has 0 fully saturated rings. The van der Waals surface area contributed by atoms with E-state index in [-0.39, 0.29) is 17.6 Å². The Morgan fingerprint density at radius 1 is 1.18 bits per heavy atom. The van der Waals surface area contributed by atoms with Crippen molar-refractivity contribution in [2.45, 2.75) is 52.1 Å². The van der Waals surface area contributed by atoms with Crippen LogP contribution in [0.3, 0.4) is 0 Å². The maximum atomic E-state index is 13.5. The van der Waals surface area contributed by atoms with Gasteiger partial charge in [0.2, 0.25) is 0 Å². The molecule has 0 aliphatic carbocycles. The zero-order chi connectivity index (χ0) is 12.8. The van der Waals surface area contributed by atoms with E-state index in [1.165, 1.54) is 18.2 Å². The molecular weight excluding hydrogens is 220 g/mol. The van der Waals surface area contributed by atoms with Crippen molar-refractivity contribution in [3.8, 4) is 0 Å². The van der Waals surface area contributed by atoms with Gasteiger partial charge in [0.1, 0.15) is 11.6 Å². The third kappa shape index (κ3) is 4.08. The molecule has 0 aromatic heterocycles. The van der Waals surface area contributed by atoms with Gasteiger partial charge < -0.3 is 5.32 Å². The molecule has 0 heterocycles. The van der Waals surface area contributed by atoms with Crippen molar-refractivity contribution in [2.24, 2.45) is 0 Å². The average molecular weight is 241 g/mol. The van der Waals surface area contributed by atoms with Crippen molar-refractivity contribution in [3.63, 3.8) is 0 Å². The molecule has 1 aromatic carbocycles. The van der Waals surface area contributed by atoms with E-state index >= 15 is 0 Å². The molecule has 2 unspecified atom stereocenters. The highest BCUT2D eigenvalue weighted by molar-refractivity contribution is 5.22. The second-order valence-electron chi connectivity index (χ2n) is 4.57. The molecular formula is C14H21F2N. The predicted molar refractivity (Wildman–Crippen MR) is 66.9 cm³/mol. The van der Waals surface area contributed by atoms with E-state index in [0.717, 1.165) is 19.3 Å². The highest BCUT2D eigenvalue weighted by Crippen LogP contribution is 2.21. The molecule has 1 rings (SSSR count). The van der Waals surface area contributed by atoms with E-state index in [1.54, 1.807) is 6.92 Å². The molecule has 1 nitrogen and oxygen atoms in total. The predicted octanol–water partition coefficient (Wildman–Crippen LogP) is 4.19. The summed E-state index contributed by atoms with van der Waals surface area (Å²) in [7, 11) is 0. The molecule has 0 amide bonds. The zero-order valence-electron chi connectivity index (χ0n) is 10.8. The van der Waals surface area contributed by atoms with Crippen molar-refractivity contribution in [2.75, 3.05) is 0 Å². The van der Waals surface area contributed by atoms with Crippen molar-refractivity contribution in [1.82, 2.24) is 5.32 Å². The lowest BCUT2D eigenvalue weighted by Gasteiger charge is -2.21. The summed E-state index contributed by atoms with van der Waals surface area (Å²) in [6.07, 6.45) is 3.28. The summed E-state index contributed by atoms with van der Waals surface area (Å²) in [5, 5.41) is 3.23. The van der Waals surface area contributed by atoms with Crippen LogP contribution in [0.2, 0.25) is 0 Å². The van der Waals surface area contributed by atoms with Gasteiger partial charge in [0, 0.05) is 17.6 Å². The SMILES string of the molecule is CCCCC(C)NC(C)c1c(F)cccc1F. The highest BCUT2D eigenvalue weighted by Gasteiger charge is 2.17. The van der Waals surface area contributed by atoms with Gasteiger partial charge in [0.15, 0.2) is 0 Å². The van der Waals surface area contributed by atoms with E-state index in [2.05, 4.69) is 12.2 Å². The lowest BCUT2D eigenvalue weighted by Crippen LogP contribution is -2.30. The highest BCUT2D eigenvalue weighted by atomic mass is 19.1. The summed E-state index contributed by atoms with van der Waals surface area (Å²) in [6, 6.07) is 3.95. The Kier molecular flexibility index (Phi) is 5.56. The van der Waals surface area contributed by atoms with Crippen molar-refractivity contribution >= 4 is 0 Å². The first kappa shape index (κ1) is 14.1. The Morgan fingerprint density at radius 3 is 2.29 bits per heavy atom. The molecule has 0 aliphatic heterocycles. The second kappa shape index (κ2) is 6.70. The summed E-state index contributed by atoms with van der Waals surface area (Å²) < 4.78 is 27.0. The molecule has 3 heteroatoms. The van der Waals surface area contributed by atoms with Crippen molar-refractivity contribution in [1.29, 1.82) is 0 Å². The van der Waals surface area contributed by atoms with Gasteiger partial charge in [-0.3, -0.25) is 0 Å². The quantitative estimate of drug-likeness (QED) is 0.787. The molecule has 96 valence electrons. The molecule has 1 N–H and O–H groups in total. The first-order chi connectivity index (χ1) is 8.06. The summed E-state index contributed by atoms with van der Waals surface area (Å²) >= 11 is 0. The van der Waals surface area contributed by atoms with Crippen LogP contribution < -0.4 is 5.32 Å². The number of hydrogen-bond acceptors (Lipinski definition) is 1. The fourth-order valence-corrected chi connectivity index (χ4v) is 2.03. The van der Waals surface area contributed by atoms with E-state index in [0.29, 0.717) is 0 Å². The molecule has 0 saturated heterocycles. The fraction of sp³-hybridized carbons (Fsp3) is 0.571. The Morgan fingerprint density at radius 2 is 1.76 bits per heavy atom. The van der Waals surface area contributed by atoms with Crippen LogP contribution in [0, 0.1) is 11.6 Å². The number of nitrogens with one attached hydrogen (secondary N) is 1. The standard InChI is InChI=1S/C14H21F2N/c1-4-5-7-10(2)17-11(3)14-12(15)8-6-9-13(14)16/h6,8-11,17H,4-5,7H2,1-3H3. The van der Waals surface area contributed by atoms with E-state index in [9.17, 15) is 8.78 Å². The van der Waals surface area contributed by atoms with Gasteiger partial charge in [-0.2, -0.15) is 0 Å². The number of rotatable bonds is 6. The third-order valence-corrected chi connectivity index (χ3v) is 2.96. The summed E-state index contributed by atoms with van der Waals surface area (Å²) in [6.45, 7) is 5.97. The van der Waals surface area contributed by atoms with Crippen molar-refractivity contribution in [3.05, 3.63) is 35.4 Å². The van der Waals surface area contributed by atoms with Crippen LogP contribution in [0.4, 0.5) is 8.78 Å². The van der Waals surface area contributed by atoms with Gasteiger partial charge in [-0.1, -0.05) is 25.8 Å². The minimum absolute atomic E-state index is 0.135.